The second-order valence-electron chi connectivity index (χ2n) is 18.8. The van der Waals surface area contributed by atoms with Crippen LogP contribution >= 0.6 is 22.7 Å². The lowest BCUT2D eigenvalue weighted by Crippen LogP contribution is -2.49. The number of anilines is 2. The number of aryl methyl sites for hydroxylation is 2. The van der Waals surface area contributed by atoms with Crippen LogP contribution in [0.1, 0.15) is 99.8 Å². The molecule has 4 amide bonds. The highest BCUT2D eigenvalue weighted by Crippen LogP contribution is 2.34. The van der Waals surface area contributed by atoms with Crippen LogP contribution in [0.25, 0.3) is 31.8 Å². The zero-order chi connectivity index (χ0) is 48.2. The molecule has 6 aromatic rings. The fourth-order valence-electron chi connectivity index (χ4n) is 9.65. The number of pyridine rings is 1. The van der Waals surface area contributed by atoms with Gasteiger partial charge in [-0.1, -0.05) is 67.2 Å². The van der Waals surface area contributed by atoms with Gasteiger partial charge in [-0.15, -0.1) is 16.4 Å². The Morgan fingerprint density at radius 2 is 1.67 bits per heavy atom. The van der Waals surface area contributed by atoms with Gasteiger partial charge in [0.15, 0.2) is 5.13 Å². The van der Waals surface area contributed by atoms with Crippen molar-refractivity contribution >= 4 is 67.5 Å². The maximum absolute atomic E-state index is 14.3. The van der Waals surface area contributed by atoms with Gasteiger partial charge in [-0.05, 0) is 106 Å². The number of aliphatic hydroxyl groups is 1. The van der Waals surface area contributed by atoms with Gasteiger partial charge < -0.3 is 25.4 Å². The molecule has 17 nitrogen and oxygen atoms in total. The molecular formula is C50H59N11O6S2. The van der Waals surface area contributed by atoms with Gasteiger partial charge in [0.1, 0.15) is 18.2 Å². The molecule has 4 aromatic heterocycles. The van der Waals surface area contributed by atoms with Crippen LogP contribution in [0.5, 0.6) is 0 Å². The number of carbonyl (C=O) groups is 4. The highest BCUT2D eigenvalue weighted by molar-refractivity contribution is 7.22. The van der Waals surface area contributed by atoms with E-state index in [1.165, 1.54) is 22.7 Å². The molecule has 2 saturated heterocycles. The Balaban J connectivity index is 0.759. The van der Waals surface area contributed by atoms with Crippen LogP contribution in [0.3, 0.4) is 0 Å². The van der Waals surface area contributed by atoms with Gasteiger partial charge in [0.25, 0.3) is 0 Å². The molecule has 1 aliphatic carbocycles. The smallest absolute Gasteiger partial charge is 0.411 e. The number of fused-ring (bicyclic) bond motifs is 1. The Morgan fingerprint density at radius 1 is 0.899 bits per heavy atom. The minimum Gasteiger partial charge on any atom is -0.446 e. The van der Waals surface area contributed by atoms with Crippen molar-refractivity contribution in [3.8, 4) is 21.6 Å². The molecule has 362 valence electrons. The molecule has 1 saturated carbocycles. The second kappa shape index (κ2) is 21.2. The summed E-state index contributed by atoms with van der Waals surface area (Å²) in [5, 5.41) is 29.0. The number of thiazole rings is 2. The van der Waals surface area contributed by atoms with Crippen molar-refractivity contribution in [2.75, 3.05) is 36.8 Å². The summed E-state index contributed by atoms with van der Waals surface area (Å²) in [6, 6.07) is 14.2. The third-order valence-corrected chi connectivity index (χ3v) is 15.4. The number of aliphatic hydroxyl groups excluding tert-OH is 1. The molecule has 3 aliphatic rings. The summed E-state index contributed by atoms with van der Waals surface area (Å²) >= 11 is 2.99. The number of piperidine rings is 1. The first-order valence-electron chi connectivity index (χ1n) is 23.9. The molecular weight excluding hydrogens is 915 g/mol. The zero-order valence-electron chi connectivity index (χ0n) is 39.4. The Bertz CT molecular complexity index is 2790. The number of benzene rings is 2. The van der Waals surface area contributed by atoms with E-state index in [2.05, 4.69) is 46.1 Å². The predicted octanol–water partition coefficient (Wildman–Crippen LogP) is 7.86. The molecule has 9 rings (SSSR count). The minimum atomic E-state index is -0.820. The fourth-order valence-corrected chi connectivity index (χ4v) is 11.4. The van der Waals surface area contributed by atoms with Gasteiger partial charge in [-0.3, -0.25) is 29.6 Å². The van der Waals surface area contributed by atoms with Gasteiger partial charge in [0.05, 0.1) is 56.0 Å². The molecule has 4 N–H and O–H groups in total. The number of rotatable bonds is 14. The number of nitrogens with zero attached hydrogens (tertiary/aromatic N) is 8. The first-order valence-corrected chi connectivity index (χ1v) is 25.6. The van der Waals surface area contributed by atoms with Crippen molar-refractivity contribution in [3.05, 3.63) is 89.1 Å². The van der Waals surface area contributed by atoms with Crippen LogP contribution in [-0.4, -0.2) is 113 Å². The van der Waals surface area contributed by atoms with Crippen LogP contribution in [0, 0.1) is 19.8 Å². The summed E-state index contributed by atoms with van der Waals surface area (Å²) in [6.07, 6.45) is 9.09. The van der Waals surface area contributed by atoms with Crippen molar-refractivity contribution in [1.29, 1.82) is 0 Å². The number of amides is 4. The molecule has 0 spiro atoms. The number of hydrogen-bond donors (Lipinski definition) is 4. The zero-order valence-corrected chi connectivity index (χ0v) is 41.0. The van der Waals surface area contributed by atoms with E-state index in [4.69, 9.17) is 4.74 Å². The van der Waals surface area contributed by atoms with Crippen LogP contribution < -0.4 is 16.0 Å². The number of β-amino-alcohol motifs (C(OH)–C–C–N with tert-alkyl or cyclic N) is 1. The van der Waals surface area contributed by atoms with Crippen molar-refractivity contribution in [3.63, 3.8) is 0 Å². The first kappa shape index (κ1) is 47.9. The lowest BCUT2D eigenvalue weighted by Gasteiger charge is -2.30. The monoisotopic (exact) mass is 973 g/mol. The van der Waals surface area contributed by atoms with Crippen LogP contribution in [0.15, 0.2) is 66.4 Å². The fraction of sp³-hybridized carbons (Fsp3) is 0.460. The summed E-state index contributed by atoms with van der Waals surface area (Å²) in [4.78, 5) is 72.1. The molecule has 2 aromatic carbocycles. The van der Waals surface area contributed by atoms with E-state index in [1.54, 1.807) is 22.2 Å². The third kappa shape index (κ3) is 11.3. The van der Waals surface area contributed by atoms with E-state index >= 15 is 0 Å². The lowest BCUT2D eigenvalue weighted by molar-refractivity contribution is -0.142. The van der Waals surface area contributed by atoms with Gasteiger partial charge in [-0.2, -0.15) is 0 Å². The maximum atomic E-state index is 14.3. The van der Waals surface area contributed by atoms with Crippen molar-refractivity contribution in [2.24, 2.45) is 5.92 Å². The standard InChI is InChI=1S/C50H59N11O6S2/c1-29(2)45(48(65)60-25-37(62)22-42(60)47(64)52-23-32-10-12-34(13-11-32)46-31(4)53-28-68-46)61-26-41(57-58-61)33-16-18-59(19-17-33)27-44(63)56-49-54-39-15-14-35(21-43(39)69-49)36-20-40(30(3)51-24-36)55-50(66)67-38-8-6-5-7-9-38/h10-15,20-21,24,26,28-29,33,37-38,42,45,62H,5-9,16-19,22-23,25,27H2,1-4H3,(H,52,64)(H,55,66)(H,54,56,63)/t37-,42+,45+/m1/s1. The van der Waals surface area contributed by atoms with Crippen molar-refractivity contribution in [1.82, 2.24) is 45.1 Å². The normalized spacial score (nSPS) is 18.7. The molecule has 0 unspecified atom stereocenters. The topological polar surface area (TPSA) is 210 Å². The van der Waals surface area contributed by atoms with Crippen LogP contribution in [0.4, 0.5) is 15.6 Å². The second-order valence-corrected chi connectivity index (χ2v) is 20.7. The van der Waals surface area contributed by atoms with Crippen molar-refractivity contribution < 1.29 is 29.0 Å². The number of aromatic nitrogens is 6. The Kier molecular flexibility index (Phi) is 14.7. The quantitative estimate of drug-likeness (QED) is 0.0822. The van der Waals surface area contributed by atoms with E-state index in [0.717, 1.165) is 87.3 Å². The lowest BCUT2D eigenvalue weighted by atomic mass is 9.94. The Morgan fingerprint density at radius 3 is 2.41 bits per heavy atom. The number of carbonyl (C=O) groups excluding carboxylic acids is 4. The van der Waals surface area contributed by atoms with Crippen molar-refractivity contribution in [2.45, 2.75) is 116 Å². The van der Waals surface area contributed by atoms with Crippen LogP contribution in [-0.2, 0) is 25.7 Å². The summed E-state index contributed by atoms with van der Waals surface area (Å²) in [5.74, 6) is -0.813. The largest absolute Gasteiger partial charge is 0.446 e. The molecule has 2 aliphatic heterocycles. The summed E-state index contributed by atoms with van der Waals surface area (Å²) in [7, 11) is 0. The van der Waals surface area contributed by atoms with Gasteiger partial charge in [-0.25, -0.2) is 19.4 Å². The summed E-state index contributed by atoms with van der Waals surface area (Å²) < 4.78 is 8.19. The van der Waals surface area contributed by atoms with Gasteiger partial charge in [0, 0.05) is 43.4 Å². The molecule has 69 heavy (non-hydrogen) atoms. The van der Waals surface area contributed by atoms with E-state index < -0.39 is 24.3 Å². The third-order valence-electron chi connectivity index (χ3n) is 13.5. The number of nitrogens with one attached hydrogen (secondary N) is 3. The van der Waals surface area contributed by atoms with E-state index in [1.807, 2.05) is 87.9 Å². The molecule has 3 fully saturated rings. The van der Waals surface area contributed by atoms with Crippen LogP contribution in [0.2, 0.25) is 0 Å². The van der Waals surface area contributed by atoms with E-state index in [-0.39, 0.29) is 55.2 Å². The molecule has 19 heteroatoms. The highest BCUT2D eigenvalue weighted by Gasteiger charge is 2.43. The average molecular weight is 974 g/mol. The Labute approximate surface area is 409 Å². The Hall–Kier alpha value is -6.15. The van der Waals surface area contributed by atoms with Gasteiger partial charge in [0.2, 0.25) is 17.7 Å². The SMILES string of the molecule is Cc1ncc(-c2ccc3nc(NC(=O)CN4CCC(c5cn([C@H](C(=O)N6C[C@H](O)C[C@H]6C(=O)NCc6ccc(-c7scnc7C)cc6)C(C)C)nn5)CC4)sc3c2)cc1NC(=O)OC1CCCCC1. The summed E-state index contributed by atoms with van der Waals surface area (Å²) in [5.41, 5.74) is 9.38. The number of hydrogen-bond acceptors (Lipinski definition) is 14. The number of likely N-dealkylation sites (tertiary alicyclic amines) is 2. The molecule has 6 heterocycles. The van der Waals surface area contributed by atoms with E-state index in [0.29, 0.717) is 36.1 Å². The van der Waals surface area contributed by atoms with E-state index in [9.17, 15) is 24.3 Å². The molecule has 3 atom stereocenters. The molecule has 0 radical (unpaired) electrons. The first-order chi connectivity index (χ1) is 33.3. The van der Waals surface area contributed by atoms with Gasteiger partial charge >= 0.3 is 6.09 Å². The number of ether oxygens (including phenoxy) is 1. The average Bonchev–Trinajstić information content (AvgIpc) is 4.16. The highest BCUT2D eigenvalue weighted by atomic mass is 32.1. The summed E-state index contributed by atoms with van der Waals surface area (Å²) in [6.45, 7) is 9.63. The maximum Gasteiger partial charge on any atom is 0.411 e. The molecule has 0 bridgehead atoms. The minimum absolute atomic E-state index is 0.0472. The predicted molar refractivity (Wildman–Crippen MR) is 266 cm³/mol.